The Labute approximate surface area is 109 Å². The van der Waals surface area contributed by atoms with Crippen LogP contribution in [0.25, 0.3) is 0 Å². The van der Waals surface area contributed by atoms with Gasteiger partial charge in [0.2, 0.25) is 0 Å². The van der Waals surface area contributed by atoms with Crippen LogP contribution in [0.1, 0.15) is 17.4 Å². The number of hydrogen-bond acceptors (Lipinski definition) is 4. The van der Waals surface area contributed by atoms with Crippen molar-refractivity contribution in [2.24, 2.45) is 7.05 Å². The van der Waals surface area contributed by atoms with Crippen LogP contribution in [0.5, 0.6) is 0 Å². The van der Waals surface area contributed by atoms with Crippen molar-refractivity contribution in [2.75, 3.05) is 7.05 Å². The van der Waals surface area contributed by atoms with E-state index >= 15 is 0 Å². The highest BCUT2D eigenvalue weighted by atomic mass is 35.5. The molecule has 0 fully saturated rings. The number of hydrogen-bond donors (Lipinski definition) is 1. The van der Waals surface area contributed by atoms with Crippen LogP contribution in [0.15, 0.2) is 18.5 Å². The molecule has 1 unspecified atom stereocenters. The van der Waals surface area contributed by atoms with Crippen molar-refractivity contribution < 1.29 is 0 Å². The quantitative estimate of drug-likeness (QED) is 0.926. The molecule has 5 nitrogen and oxygen atoms in total. The van der Waals surface area contributed by atoms with Crippen molar-refractivity contribution in [3.05, 3.63) is 39.9 Å². The zero-order valence-corrected chi connectivity index (χ0v) is 10.9. The van der Waals surface area contributed by atoms with Crippen LogP contribution in [0.2, 0.25) is 10.0 Å². The van der Waals surface area contributed by atoms with Gasteiger partial charge in [0, 0.05) is 13.2 Å². The molecular formula is C10H11Cl2N5. The maximum absolute atomic E-state index is 6.14. The summed E-state index contributed by atoms with van der Waals surface area (Å²) in [5.41, 5.74) is 1.58. The van der Waals surface area contributed by atoms with Gasteiger partial charge < -0.3 is 5.32 Å². The maximum atomic E-state index is 6.14. The second-order valence-electron chi connectivity index (χ2n) is 3.52. The van der Waals surface area contributed by atoms with E-state index in [0.717, 1.165) is 5.69 Å². The standard InChI is InChI=1S/C10H11Cl2N5/c1-13-10(8-5-15-16-17(8)2)9-7(12)3-6(11)4-14-9/h3-5,10,13H,1-2H3. The van der Waals surface area contributed by atoms with Gasteiger partial charge in [-0.15, -0.1) is 5.10 Å². The average molecular weight is 272 g/mol. The fraction of sp³-hybridized carbons (Fsp3) is 0.300. The van der Waals surface area contributed by atoms with E-state index in [9.17, 15) is 0 Å². The molecule has 0 saturated carbocycles. The Morgan fingerprint density at radius 2 is 2.12 bits per heavy atom. The van der Waals surface area contributed by atoms with Crippen LogP contribution >= 0.6 is 23.2 Å². The summed E-state index contributed by atoms with van der Waals surface area (Å²) in [6.45, 7) is 0. The molecule has 1 N–H and O–H groups in total. The minimum Gasteiger partial charge on any atom is -0.307 e. The summed E-state index contributed by atoms with van der Waals surface area (Å²) in [7, 11) is 3.64. The summed E-state index contributed by atoms with van der Waals surface area (Å²) < 4.78 is 1.67. The van der Waals surface area contributed by atoms with Gasteiger partial charge in [-0.1, -0.05) is 28.4 Å². The van der Waals surface area contributed by atoms with Crippen molar-refractivity contribution in [3.8, 4) is 0 Å². The molecule has 1 atom stereocenters. The van der Waals surface area contributed by atoms with E-state index in [1.54, 1.807) is 23.1 Å². The molecule has 0 aliphatic heterocycles. The highest BCUT2D eigenvalue weighted by molar-refractivity contribution is 6.34. The SMILES string of the molecule is CNC(c1ncc(Cl)cc1Cl)c1cnnn1C. The number of halogens is 2. The second-order valence-corrected chi connectivity index (χ2v) is 4.37. The van der Waals surface area contributed by atoms with Crippen LogP contribution in [-0.4, -0.2) is 27.0 Å². The molecule has 0 saturated heterocycles. The maximum Gasteiger partial charge on any atom is 0.0951 e. The predicted molar refractivity (Wildman–Crippen MR) is 66.2 cm³/mol. The Morgan fingerprint density at radius 3 is 2.65 bits per heavy atom. The number of nitrogens with one attached hydrogen (secondary N) is 1. The molecule has 0 aliphatic rings. The van der Waals surface area contributed by atoms with E-state index in [1.165, 1.54) is 0 Å². The normalized spacial score (nSPS) is 12.7. The molecule has 2 heterocycles. The monoisotopic (exact) mass is 271 g/mol. The van der Waals surface area contributed by atoms with Crippen molar-refractivity contribution in [1.82, 2.24) is 25.3 Å². The first kappa shape index (κ1) is 12.3. The summed E-state index contributed by atoms with van der Waals surface area (Å²) in [5, 5.41) is 11.9. The minimum atomic E-state index is -0.167. The summed E-state index contributed by atoms with van der Waals surface area (Å²) in [4.78, 5) is 4.25. The Bertz CT molecular complexity index is 525. The number of nitrogens with zero attached hydrogens (tertiary/aromatic N) is 4. The highest BCUT2D eigenvalue weighted by Crippen LogP contribution is 2.27. The molecular weight excluding hydrogens is 261 g/mol. The highest BCUT2D eigenvalue weighted by Gasteiger charge is 2.20. The number of pyridine rings is 1. The van der Waals surface area contributed by atoms with E-state index < -0.39 is 0 Å². The third-order valence-corrected chi connectivity index (χ3v) is 2.95. The molecule has 2 rings (SSSR count). The smallest absolute Gasteiger partial charge is 0.0951 e. The lowest BCUT2D eigenvalue weighted by atomic mass is 10.1. The molecule has 0 aromatic carbocycles. The Balaban J connectivity index is 2.46. The molecule has 0 radical (unpaired) electrons. The van der Waals surface area contributed by atoms with Gasteiger partial charge in [0.25, 0.3) is 0 Å². The predicted octanol–water partition coefficient (Wildman–Crippen LogP) is 1.83. The first-order chi connectivity index (χ1) is 8.13. The number of aromatic nitrogens is 4. The first-order valence-corrected chi connectivity index (χ1v) is 5.72. The number of aryl methyl sites for hydroxylation is 1. The molecule has 0 bridgehead atoms. The lowest BCUT2D eigenvalue weighted by Gasteiger charge is -2.16. The van der Waals surface area contributed by atoms with Gasteiger partial charge in [0.05, 0.1) is 33.7 Å². The van der Waals surface area contributed by atoms with E-state index in [0.29, 0.717) is 15.7 Å². The summed E-state index contributed by atoms with van der Waals surface area (Å²) in [6, 6.07) is 1.50. The molecule has 17 heavy (non-hydrogen) atoms. The first-order valence-electron chi connectivity index (χ1n) is 4.96. The topological polar surface area (TPSA) is 55.6 Å². The van der Waals surface area contributed by atoms with Crippen molar-refractivity contribution in [2.45, 2.75) is 6.04 Å². The molecule has 2 aromatic heterocycles. The second kappa shape index (κ2) is 5.00. The van der Waals surface area contributed by atoms with E-state index in [1.807, 2.05) is 14.1 Å². The molecule has 0 amide bonds. The number of rotatable bonds is 3. The Kier molecular flexibility index (Phi) is 3.61. The zero-order chi connectivity index (χ0) is 12.4. The lowest BCUT2D eigenvalue weighted by Crippen LogP contribution is -2.22. The van der Waals surface area contributed by atoms with Crippen molar-refractivity contribution in [1.29, 1.82) is 0 Å². The van der Waals surface area contributed by atoms with Gasteiger partial charge >= 0.3 is 0 Å². The van der Waals surface area contributed by atoms with Crippen molar-refractivity contribution >= 4 is 23.2 Å². The van der Waals surface area contributed by atoms with Crippen LogP contribution in [0.3, 0.4) is 0 Å². The molecule has 90 valence electrons. The van der Waals surface area contributed by atoms with Gasteiger partial charge in [-0.05, 0) is 13.1 Å². The van der Waals surface area contributed by atoms with Gasteiger partial charge in [-0.25, -0.2) is 0 Å². The average Bonchev–Trinajstić information content (AvgIpc) is 2.69. The molecule has 2 aromatic rings. The largest absolute Gasteiger partial charge is 0.307 e. The van der Waals surface area contributed by atoms with E-state index in [2.05, 4.69) is 20.6 Å². The molecule has 0 aliphatic carbocycles. The summed E-state index contributed by atoms with van der Waals surface area (Å²) in [6.07, 6.45) is 3.24. The van der Waals surface area contributed by atoms with E-state index in [-0.39, 0.29) is 6.04 Å². The molecule has 7 heteroatoms. The van der Waals surface area contributed by atoms with Gasteiger partial charge in [-0.3, -0.25) is 9.67 Å². The van der Waals surface area contributed by atoms with E-state index in [4.69, 9.17) is 23.2 Å². The van der Waals surface area contributed by atoms with Gasteiger partial charge in [0.15, 0.2) is 0 Å². The van der Waals surface area contributed by atoms with Crippen LogP contribution < -0.4 is 5.32 Å². The van der Waals surface area contributed by atoms with Crippen LogP contribution in [0.4, 0.5) is 0 Å². The third-order valence-electron chi connectivity index (χ3n) is 2.44. The fourth-order valence-electron chi connectivity index (χ4n) is 1.62. The van der Waals surface area contributed by atoms with Crippen LogP contribution in [0, 0.1) is 0 Å². The third kappa shape index (κ3) is 2.41. The lowest BCUT2D eigenvalue weighted by molar-refractivity contribution is 0.588. The minimum absolute atomic E-state index is 0.167. The van der Waals surface area contributed by atoms with Gasteiger partial charge in [-0.2, -0.15) is 0 Å². The van der Waals surface area contributed by atoms with Crippen LogP contribution in [-0.2, 0) is 7.05 Å². The Morgan fingerprint density at radius 1 is 1.35 bits per heavy atom. The zero-order valence-electron chi connectivity index (χ0n) is 9.35. The molecule has 0 spiro atoms. The fourth-order valence-corrected chi connectivity index (χ4v) is 2.11. The Hall–Kier alpha value is -1.17. The summed E-state index contributed by atoms with van der Waals surface area (Å²) >= 11 is 12.0. The summed E-state index contributed by atoms with van der Waals surface area (Å²) in [5.74, 6) is 0. The van der Waals surface area contributed by atoms with Crippen molar-refractivity contribution in [3.63, 3.8) is 0 Å². The van der Waals surface area contributed by atoms with Gasteiger partial charge in [0.1, 0.15) is 0 Å².